The minimum absolute atomic E-state index is 0.230. The molecule has 35 heavy (non-hydrogen) atoms. The largest absolute Gasteiger partial charge is 0.573 e. The van der Waals surface area contributed by atoms with Crippen LogP contribution in [0.25, 0.3) is 0 Å². The van der Waals surface area contributed by atoms with E-state index < -0.39 is 29.5 Å². The second-order valence-electron chi connectivity index (χ2n) is 10.6. The lowest BCUT2D eigenvalue weighted by Gasteiger charge is -2.45. The number of rotatable bonds is 5. The van der Waals surface area contributed by atoms with Crippen LogP contribution >= 0.6 is 0 Å². The van der Waals surface area contributed by atoms with Crippen LogP contribution in [0.4, 0.5) is 18.0 Å². The molecule has 1 aromatic rings. The molecule has 0 bridgehead atoms. The summed E-state index contributed by atoms with van der Waals surface area (Å²) in [7, 11) is 0. The second kappa shape index (κ2) is 10.2. The van der Waals surface area contributed by atoms with Crippen molar-refractivity contribution < 1.29 is 37.7 Å². The molecule has 2 amide bonds. The first kappa shape index (κ1) is 27.1. The van der Waals surface area contributed by atoms with Crippen LogP contribution in [0.3, 0.4) is 0 Å². The number of amides is 2. The summed E-state index contributed by atoms with van der Waals surface area (Å²) in [5, 5.41) is 21.2. The first-order valence-electron chi connectivity index (χ1n) is 12.1. The van der Waals surface area contributed by atoms with E-state index in [9.17, 15) is 33.0 Å². The lowest BCUT2D eigenvalue weighted by atomic mass is 9.72. The van der Waals surface area contributed by atoms with E-state index in [1.165, 1.54) is 17.0 Å². The van der Waals surface area contributed by atoms with Gasteiger partial charge in [0.15, 0.2) is 0 Å². The molecule has 2 aliphatic rings. The molecule has 0 spiro atoms. The number of ether oxygens (including phenoxy) is 1. The number of hydrogen-bond acceptors (Lipinski definition) is 4. The highest BCUT2D eigenvalue weighted by atomic mass is 19.4. The van der Waals surface area contributed by atoms with Gasteiger partial charge in [0.2, 0.25) is 5.91 Å². The van der Waals surface area contributed by atoms with Crippen molar-refractivity contribution in [3.8, 4) is 5.75 Å². The highest BCUT2D eigenvalue weighted by Gasteiger charge is 2.46. The van der Waals surface area contributed by atoms with Crippen LogP contribution in [-0.2, 0) is 4.79 Å². The van der Waals surface area contributed by atoms with Gasteiger partial charge < -0.3 is 24.7 Å². The molecule has 1 aliphatic carbocycles. The molecule has 1 heterocycles. The maximum absolute atomic E-state index is 13.7. The number of alkyl halides is 3. The third kappa shape index (κ3) is 6.59. The molecular weight excluding hydrogens is 465 g/mol. The molecule has 2 fully saturated rings. The van der Waals surface area contributed by atoms with E-state index in [0.717, 1.165) is 31.4 Å². The summed E-state index contributed by atoms with van der Waals surface area (Å²) in [5.74, 6) is -1.59. The molecule has 3 rings (SSSR count). The third-order valence-corrected chi connectivity index (χ3v) is 7.02. The summed E-state index contributed by atoms with van der Waals surface area (Å²) >= 11 is 0. The van der Waals surface area contributed by atoms with Gasteiger partial charge in [-0.05, 0) is 64.2 Å². The van der Waals surface area contributed by atoms with Crippen molar-refractivity contribution in [3.63, 3.8) is 0 Å². The van der Waals surface area contributed by atoms with Crippen molar-refractivity contribution in [2.45, 2.75) is 95.2 Å². The number of carboxylic acid groups (broad SMARTS) is 1. The fourth-order valence-corrected chi connectivity index (χ4v) is 5.52. The molecule has 7 nitrogen and oxygen atoms in total. The maximum Gasteiger partial charge on any atom is 0.573 e. The van der Waals surface area contributed by atoms with E-state index in [1.54, 1.807) is 4.90 Å². The van der Waals surface area contributed by atoms with E-state index in [-0.39, 0.29) is 17.7 Å². The van der Waals surface area contributed by atoms with E-state index in [4.69, 9.17) is 0 Å². The van der Waals surface area contributed by atoms with E-state index in [0.29, 0.717) is 44.3 Å². The van der Waals surface area contributed by atoms with Crippen molar-refractivity contribution in [1.82, 2.24) is 9.80 Å². The van der Waals surface area contributed by atoms with Gasteiger partial charge in [-0.2, -0.15) is 0 Å². The smallest absolute Gasteiger partial charge is 0.465 e. The van der Waals surface area contributed by atoms with Gasteiger partial charge in [-0.25, -0.2) is 4.79 Å². The summed E-state index contributed by atoms with van der Waals surface area (Å²) in [6.07, 6.45) is -1.55. The van der Waals surface area contributed by atoms with Gasteiger partial charge in [0.05, 0.1) is 11.5 Å². The summed E-state index contributed by atoms with van der Waals surface area (Å²) < 4.78 is 41.7. The van der Waals surface area contributed by atoms with Crippen LogP contribution < -0.4 is 4.74 Å². The topological polar surface area (TPSA) is 90.3 Å². The lowest BCUT2D eigenvalue weighted by Crippen LogP contribution is -2.56. The van der Waals surface area contributed by atoms with Crippen LogP contribution in [0.2, 0.25) is 0 Å². The van der Waals surface area contributed by atoms with E-state index in [1.807, 2.05) is 20.8 Å². The number of piperidine rings is 1. The molecule has 10 heteroatoms. The van der Waals surface area contributed by atoms with Gasteiger partial charge in [0.1, 0.15) is 5.75 Å². The molecule has 1 atom stereocenters. The van der Waals surface area contributed by atoms with Gasteiger partial charge in [-0.15, -0.1) is 13.2 Å². The summed E-state index contributed by atoms with van der Waals surface area (Å²) in [4.78, 5) is 28.7. The first-order chi connectivity index (χ1) is 16.2. The minimum atomic E-state index is -4.82. The predicted octanol–water partition coefficient (Wildman–Crippen LogP) is 5.13. The Bertz CT molecular complexity index is 884. The highest BCUT2D eigenvalue weighted by molar-refractivity contribution is 5.85. The molecule has 1 aromatic carbocycles. The first-order valence-corrected chi connectivity index (χ1v) is 12.1. The zero-order valence-electron chi connectivity index (χ0n) is 20.5. The number of carbonyl (C=O) groups excluding carboxylic acids is 1. The minimum Gasteiger partial charge on any atom is -0.465 e. The SMILES string of the molecule is CC(C)(C)N(C(=O)O)C1CCN(C(=O)C(c2ccc(OC(F)(F)F)cc2)C2(O)CCCCC2)CC1. The van der Waals surface area contributed by atoms with Crippen molar-refractivity contribution >= 4 is 12.0 Å². The molecule has 0 radical (unpaired) electrons. The molecule has 2 N–H and O–H groups in total. The fourth-order valence-electron chi connectivity index (χ4n) is 5.52. The Morgan fingerprint density at radius 2 is 1.60 bits per heavy atom. The quantitative estimate of drug-likeness (QED) is 0.585. The molecule has 196 valence electrons. The molecular formula is C25H35F3N2O5. The second-order valence-corrected chi connectivity index (χ2v) is 10.6. The number of benzene rings is 1. The normalized spacial score (nSPS) is 20.3. The zero-order chi connectivity index (χ0) is 26.0. The Kier molecular flexibility index (Phi) is 7.93. The van der Waals surface area contributed by atoms with Crippen molar-refractivity contribution in [1.29, 1.82) is 0 Å². The average Bonchev–Trinajstić information content (AvgIpc) is 2.73. The standard InChI is InChI=1S/C25H35F3N2O5/c1-23(2,3)30(22(32)33)18-11-15-29(16-12-18)21(31)20(24(34)13-5-4-6-14-24)17-7-9-19(10-8-17)35-25(26,27)28/h7-10,18,20,34H,4-6,11-16H2,1-3H3,(H,32,33). The van der Waals surface area contributed by atoms with Gasteiger partial charge in [-0.3, -0.25) is 4.79 Å². The fraction of sp³-hybridized carbons (Fsp3) is 0.680. The van der Waals surface area contributed by atoms with E-state index in [2.05, 4.69) is 4.74 Å². The zero-order valence-corrected chi connectivity index (χ0v) is 20.5. The highest BCUT2D eigenvalue weighted by Crippen LogP contribution is 2.42. The number of aliphatic hydroxyl groups is 1. The summed E-state index contributed by atoms with van der Waals surface area (Å²) in [6.45, 7) is 6.18. The Hall–Kier alpha value is -2.49. The van der Waals surface area contributed by atoms with Crippen LogP contribution in [-0.4, -0.2) is 68.6 Å². The molecule has 1 aliphatic heterocycles. The van der Waals surface area contributed by atoms with Gasteiger partial charge in [-0.1, -0.05) is 31.4 Å². The van der Waals surface area contributed by atoms with Crippen LogP contribution in [0.5, 0.6) is 5.75 Å². The predicted molar refractivity (Wildman–Crippen MR) is 123 cm³/mol. The van der Waals surface area contributed by atoms with Crippen molar-refractivity contribution in [2.75, 3.05) is 13.1 Å². The Morgan fingerprint density at radius 3 is 2.06 bits per heavy atom. The van der Waals surface area contributed by atoms with Crippen molar-refractivity contribution in [2.24, 2.45) is 0 Å². The summed E-state index contributed by atoms with van der Waals surface area (Å²) in [5.41, 5.74) is -1.43. The number of nitrogens with zero attached hydrogens (tertiary/aromatic N) is 2. The molecule has 1 saturated heterocycles. The van der Waals surface area contributed by atoms with Gasteiger partial charge in [0.25, 0.3) is 0 Å². The van der Waals surface area contributed by atoms with Crippen LogP contribution in [0.1, 0.15) is 77.2 Å². The summed E-state index contributed by atoms with van der Waals surface area (Å²) in [6, 6.07) is 4.92. The third-order valence-electron chi connectivity index (χ3n) is 7.02. The maximum atomic E-state index is 13.7. The molecule has 0 aromatic heterocycles. The van der Waals surface area contributed by atoms with Gasteiger partial charge >= 0.3 is 12.5 Å². The number of carbonyl (C=O) groups is 2. The molecule has 1 unspecified atom stereocenters. The van der Waals surface area contributed by atoms with Crippen molar-refractivity contribution in [3.05, 3.63) is 29.8 Å². The van der Waals surface area contributed by atoms with E-state index >= 15 is 0 Å². The Balaban J connectivity index is 1.81. The van der Waals surface area contributed by atoms with Crippen LogP contribution in [0, 0.1) is 0 Å². The monoisotopic (exact) mass is 500 g/mol. The lowest BCUT2D eigenvalue weighted by molar-refractivity contribution is -0.274. The number of likely N-dealkylation sites (tertiary alicyclic amines) is 1. The Morgan fingerprint density at radius 1 is 1.06 bits per heavy atom. The average molecular weight is 501 g/mol. The number of hydrogen-bond donors (Lipinski definition) is 2. The Labute approximate surface area is 203 Å². The number of halogens is 3. The van der Waals surface area contributed by atoms with Crippen LogP contribution in [0.15, 0.2) is 24.3 Å². The van der Waals surface area contributed by atoms with Gasteiger partial charge in [0, 0.05) is 24.7 Å². The molecule has 1 saturated carbocycles.